The maximum atomic E-state index is 11.2. The zero-order valence-electron chi connectivity index (χ0n) is 11.2. The molecule has 1 N–H and O–H groups in total. The van der Waals surface area contributed by atoms with E-state index in [-0.39, 0.29) is 5.69 Å². The van der Waals surface area contributed by atoms with E-state index < -0.39 is 5.97 Å². The smallest absolute Gasteiger partial charge is 0.356 e. The van der Waals surface area contributed by atoms with E-state index in [1.807, 2.05) is 41.8 Å². The predicted molar refractivity (Wildman–Crippen MR) is 80.4 cm³/mol. The van der Waals surface area contributed by atoms with E-state index in [2.05, 4.69) is 5.10 Å². The van der Waals surface area contributed by atoms with Crippen LogP contribution in [0, 0.1) is 0 Å². The lowest BCUT2D eigenvalue weighted by molar-refractivity contribution is 0.0690. The molecule has 0 unspecified atom stereocenters. The molecule has 0 fully saturated rings. The number of carboxylic acids is 1. The highest BCUT2D eigenvalue weighted by Gasteiger charge is 2.16. The van der Waals surface area contributed by atoms with E-state index in [1.54, 1.807) is 17.9 Å². The molecular weight excluding hydrogens is 288 g/mol. The molecule has 0 saturated heterocycles. The topological polar surface area (TPSA) is 64.4 Å². The van der Waals surface area contributed by atoms with Gasteiger partial charge >= 0.3 is 5.97 Å². The summed E-state index contributed by atoms with van der Waals surface area (Å²) >= 11 is 1.54. The van der Waals surface area contributed by atoms with Crippen LogP contribution in [-0.4, -0.2) is 28.0 Å². The molecule has 0 aliphatic rings. The van der Waals surface area contributed by atoms with Crippen molar-refractivity contribution in [1.29, 1.82) is 0 Å². The van der Waals surface area contributed by atoms with E-state index in [9.17, 15) is 4.79 Å². The fourth-order valence-corrected chi connectivity index (χ4v) is 2.73. The summed E-state index contributed by atoms with van der Waals surface area (Å²) in [5, 5.41) is 15.3. The summed E-state index contributed by atoms with van der Waals surface area (Å²) in [6.45, 7) is 0. The van der Waals surface area contributed by atoms with Gasteiger partial charge in [-0.3, -0.25) is 0 Å². The molecule has 0 amide bonds. The number of nitrogens with zero attached hydrogens (tertiary/aromatic N) is 2. The zero-order chi connectivity index (χ0) is 14.8. The highest BCUT2D eigenvalue weighted by molar-refractivity contribution is 7.13. The summed E-state index contributed by atoms with van der Waals surface area (Å²) in [6, 6.07) is 12.8. The van der Waals surface area contributed by atoms with Gasteiger partial charge in [0.1, 0.15) is 5.75 Å². The Labute approximate surface area is 125 Å². The summed E-state index contributed by atoms with van der Waals surface area (Å²) in [6.07, 6.45) is 0. The molecule has 3 rings (SSSR count). The Morgan fingerprint density at radius 1 is 1.29 bits per heavy atom. The number of carbonyl (C=O) groups is 1. The van der Waals surface area contributed by atoms with Crippen LogP contribution < -0.4 is 4.74 Å². The first kappa shape index (κ1) is 13.4. The molecule has 2 heterocycles. The molecule has 0 saturated carbocycles. The number of aromatic nitrogens is 2. The average molecular weight is 300 g/mol. The number of ether oxygens (including phenoxy) is 1. The normalized spacial score (nSPS) is 10.5. The van der Waals surface area contributed by atoms with E-state index in [0.29, 0.717) is 0 Å². The molecule has 0 spiro atoms. The number of methoxy groups -OCH3 is 1. The Morgan fingerprint density at radius 2 is 2.05 bits per heavy atom. The second kappa shape index (κ2) is 5.41. The highest BCUT2D eigenvalue weighted by atomic mass is 32.1. The maximum absolute atomic E-state index is 11.2. The molecule has 0 atom stereocenters. The van der Waals surface area contributed by atoms with Crippen LogP contribution in [0.5, 0.6) is 5.75 Å². The van der Waals surface area contributed by atoms with Crippen molar-refractivity contribution in [3.8, 4) is 22.0 Å². The number of benzene rings is 1. The third kappa shape index (κ3) is 2.53. The van der Waals surface area contributed by atoms with Gasteiger partial charge in [0.05, 0.1) is 23.4 Å². The third-order valence-corrected chi connectivity index (χ3v) is 3.91. The van der Waals surface area contributed by atoms with Crippen molar-refractivity contribution in [2.24, 2.45) is 0 Å². The monoisotopic (exact) mass is 300 g/mol. The molecule has 0 radical (unpaired) electrons. The van der Waals surface area contributed by atoms with Crippen LogP contribution in [-0.2, 0) is 0 Å². The Kier molecular flexibility index (Phi) is 3.45. The minimum Gasteiger partial charge on any atom is -0.497 e. The molecule has 0 bridgehead atoms. The fourth-order valence-electron chi connectivity index (χ4n) is 2.01. The lowest BCUT2D eigenvalue weighted by atomic mass is 10.2. The van der Waals surface area contributed by atoms with Crippen LogP contribution in [0.15, 0.2) is 47.8 Å². The standard InChI is InChI=1S/C15H12N2O3S/c1-20-11-6-4-10(5-7-11)17-13(14-3-2-8-21-14)9-12(16-17)15(18)19/h2-9H,1H3,(H,18,19). The summed E-state index contributed by atoms with van der Waals surface area (Å²) in [4.78, 5) is 12.1. The minimum absolute atomic E-state index is 0.0224. The van der Waals surface area contributed by atoms with Crippen LogP contribution in [0.2, 0.25) is 0 Å². The van der Waals surface area contributed by atoms with Crippen molar-refractivity contribution in [1.82, 2.24) is 9.78 Å². The maximum Gasteiger partial charge on any atom is 0.356 e. The number of carboxylic acid groups (broad SMARTS) is 1. The summed E-state index contributed by atoms with van der Waals surface area (Å²) in [7, 11) is 1.60. The SMILES string of the molecule is COc1ccc(-n2nc(C(=O)O)cc2-c2cccs2)cc1. The molecule has 3 aromatic rings. The van der Waals surface area contributed by atoms with Gasteiger partial charge in [-0.15, -0.1) is 11.3 Å². The largest absolute Gasteiger partial charge is 0.497 e. The molecule has 0 aliphatic heterocycles. The molecule has 2 aromatic heterocycles. The van der Waals surface area contributed by atoms with Crippen molar-refractivity contribution in [2.45, 2.75) is 0 Å². The van der Waals surface area contributed by atoms with Crippen LogP contribution >= 0.6 is 11.3 Å². The number of rotatable bonds is 4. The van der Waals surface area contributed by atoms with Gasteiger partial charge in [-0.2, -0.15) is 5.10 Å². The molecule has 6 heteroatoms. The first-order valence-electron chi connectivity index (χ1n) is 6.20. The van der Waals surface area contributed by atoms with Gasteiger partial charge in [-0.25, -0.2) is 9.48 Å². The van der Waals surface area contributed by atoms with Gasteiger partial charge in [-0.1, -0.05) is 6.07 Å². The van der Waals surface area contributed by atoms with E-state index in [0.717, 1.165) is 22.0 Å². The molecule has 21 heavy (non-hydrogen) atoms. The highest BCUT2D eigenvalue weighted by Crippen LogP contribution is 2.28. The Morgan fingerprint density at radius 3 is 2.62 bits per heavy atom. The molecule has 5 nitrogen and oxygen atoms in total. The Hall–Kier alpha value is -2.60. The number of thiophene rings is 1. The predicted octanol–water partition coefficient (Wildman–Crippen LogP) is 3.31. The van der Waals surface area contributed by atoms with Crippen LogP contribution in [0.3, 0.4) is 0 Å². The van der Waals surface area contributed by atoms with Gasteiger partial charge in [-0.05, 0) is 35.7 Å². The van der Waals surface area contributed by atoms with E-state index in [4.69, 9.17) is 9.84 Å². The molecule has 0 aliphatic carbocycles. The zero-order valence-corrected chi connectivity index (χ0v) is 12.0. The van der Waals surface area contributed by atoms with Gasteiger partial charge in [0.15, 0.2) is 5.69 Å². The number of hydrogen-bond donors (Lipinski definition) is 1. The Balaban J connectivity index is 2.13. The third-order valence-electron chi connectivity index (χ3n) is 3.02. The van der Waals surface area contributed by atoms with Gasteiger partial charge in [0, 0.05) is 6.07 Å². The minimum atomic E-state index is -1.04. The second-order valence-electron chi connectivity index (χ2n) is 4.31. The van der Waals surface area contributed by atoms with Crippen LogP contribution in [0.4, 0.5) is 0 Å². The van der Waals surface area contributed by atoms with Crippen molar-refractivity contribution >= 4 is 17.3 Å². The first-order chi connectivity index (χ1) is 10.2. The van der Waals surface area contributed by atoms with Crippen molar-refractivity contribution in [2.75, 3.05) is 7.11 Å². The lowest BCUT2D eigenvalue weighted by Crippen LogP contribution is -2.02. The van der Waals surface area contributed by atoms with Crippen molar-refractivity contribution < 1.29 is 14.6 Å². The van der Waals surface area contributed by atoms with Crippen molar-refractivity contribution in [3.05, 3.63) is 53.5 Å². The van der Waals surface area contributed by atoms with Crippen LogP contribution in [0.25, 0.3) is 16.3 Å². The molecule has 1 aromatic carbocycles. The van der Waals surface area contributed by atoms with Crippen LogP contribution in [0.1, 0.15) is 10.5 Å². The summed E-state index contributed by atoms with van der Waals surface area (Å²) < 4.78 is 6.76. The fraction of sp³-hybridized carbons (Fsp3) is 0.0667. The van der Waals surface area contributed by atoms with Crippen molar-refractivity contribution in [3.63, 3.8) is 0 Å². The second-order valence-corrected chi connectivity index (χ2v) is 5.25. The van der Waals surface area contributed by atoms with Gasteiger partial charge in [0.2, 0.25) is 0 Å². The van der Waals surface area contributed by atoms with E-state index >= 15 is 0 Å². The molecular formula is C15H12N2O3S. The quantitative estimate of drug-likeness (QED) is 0.803. The number of hydrogen-bond acceptors (Lipinski definition) is 4. The average Bonchev–Trinajstić information content (AvgIpc) is 3.16. The number of aromatic carboxylic acids is 1. The molecule has 106 valence electrons. The first-order valence-corrected chi connectivity index (χ1v) is 7.08. The van der Waals surface area contributed by atoms with Gasteiger partial charge < -0.3 is 9.84 Å². The van der Waals surface area contributed by atoms with E-state index in [1.165, 1.54) is 11.3 Å². The Bertz CT molecular complexity index is 761. The summed E-state index contributed by atoms with van der Waals surface area (Å²) in [5.41, 5.74) is 1.56. The lowest BCUT2D eigenvalue weighted by Gasteiger charge is -2.07. The van der Waals surface area contributed by atoms with Gasteiger partial charge in [0.25, 0.3) is 0 Å². The summed E-state index contributed by atoms with van der Waals surface area (Å²) in [5.74, 6) is -0.304.